The highest BCUT2D eigenvalue weighted by Gasteiger charge is 2.11. The Morgan fingerprint density at radius 1 is 1.12 bits per heavy atom. The van der Waals surface area contributed by atoms with Gasteiger partial charge in [0.25, 0.3) is 0 Å². The third-order valence-electron chi connectivity index (χ3n) is 4.59. The summed E-state index contributed by atoms with van der Waals surface area (Å²) in [5.74, 6) is 1.37. The van der Waals surface area contributed by atoms with Crippen LogP contribution in [0.1, 0.15) is 37.1 Å². The molecule has 1 aromatic heterocycles. The zero-order chi connectivity index (χ0) is 17.6. The highest BCUT2D eigenvalue weighted by Crippen LogP contribution is 2.18. The van der Waals surface area contributed by atoms with Crippen molar-refractivity contribution in [2.45, 2.75) is 39.2 Å². The number of hydrogen-bond donors (Lipinski definition) is 1. The van der Waals surface area contributed by atoms with E-state index in [2.05, 4.69) is 40.0 Å². The van der Waals surface area contributed by atoms with Crippen LogP contribution in [0.15, 0.2) is 54.6 Å². The van der Waals surface area contributed by atoms with E-state index in [1.54, 1.807) is 0 Å². The summed E-state index contributed by atoms with van der Waals surface area (Å²) in [5.41, 5.74) is 3.39. The number of aryl methyl sites for hydroxylation is 2. The van der Waals surface area contributed by atoms with Gasteiger partial charge in [0, 0.05) is 19.5 Å². The Labute approximate surface area is 148 Å². The van der Waals surface area contributed by atoms with Crippen LogP contribution in [0.2, 0.25) is 0 Å². The number of carbonyl (C=O) groups excluding carboxylic acids is 1. The van der Waals surface area contributed by atoms with E-state index in [9.17, 15) is 4.79 Å². The van der Waals surface area contributed by atoms with Crippen molar-refractivity contribution in [1.29, 1.82) is 0 Å². The molecule has 130 valence electrons. The summed E-state index contributed by atoms with van der Waals surface area (Å²) < 4.78 is 2.22. The monoisotopic (exact) mass is 335 g/mol. The van der Waals surface area contributed by atoms with Gasteiger partial charge in [0.2, 0.25) is 5.91 Å². The van der Waals surface area contributed by atoms with Crippen molar-refractivity contribution in [3.63, 3.8) is 0 Å². The first kappa shape index (κ1) is 17.2. The molecule has 0 saturated carbocycles. The predicted molar refractivity (Wildman–Crippen MR) is 102 cm³/mol. The van der Waals surface area contributed by atoms with Crippen LogP contribution in [0.4, 0.5) is 0 Å². The zero-order valence-electron chi connectivity index (χ0n) is 14.9. The van der Waals surface area contributed by atoms with Crippen LogP contribution in [-0.2, 0) is 11.3 Å². The van der Waals surface area contributed by atoms with E-state index in [1.165, 1.54) is 5.56 Å². The molecule has 4 heteroatoms. The minimum Gasteiger partial charge on any atom is -0.356 e. The summed E-state index contributed by atoms with van der Waals surface area (Å²) in [6.07, 6.45) is 1.42. The topological polar surface area (TPSA) is 46.9 Å². The summed E-state index contributed by atoms with van der Waals surface area (Å²) in [5, 5.41) is 3.04. The lowest BCUT2D eigenvalue weighted by Crippen LogP contribution is -2.26. The van der Waals surface area contributed by atoms with E-state index < -0.39 is 0 Å². The normalized spacial score (nSPS) is 12.2. The smallest absolute Gasteiger partial charge is 0.220 e. The molecule has 0 spiro atoms. The van der Waals surface area contributed by atoms with E-state index in [1.807, 2.05) is 43.3 Å². The molecule has 2 aromatic carbocycles. The number of nitrogens with one attached hydrogen (secondary N) is 1. The second-order valence-electron chi connectivity index (χ2n) is 6.52. The van der Waals surface area contributed by atoms with E-state index in [0.717, 1.165) is 29.8 Å². The van der Waals surface area contributed by atoms with Crippen LogP contribution in [0.25, 0.3) is 11.0 Å². The molecule has 4 nitrogen and oxygen atoms in total. The van der Waals surface area contributed by atoms with Crippen LogP contribution in [0.3, 0.4) is 0 Å². The largest absolute Gasteiger partial charge is 0.356 e. The van der Waals surface area contributed by atoms with Crippen LogP contribution in [0, 0.1) is 6.92 Å². The first-order chi connectivity index (χ1) is 12.1. The van der Waals surface area contributed by atoms with Crippen LogP contribution in [-0.4, -0.2) is 22.0 Å². The molecule has 3 aromatic rings. The van der Waals surface area contributed by atoms with Gasteiger partial charge in [-0.25, -0.2) is 4.98 Å². The minimum atomic E-state index is 0.114. The van der Waals surface area contributed by atoms with Gasteiger partial charge in [0.1, 0.15) is 5.82 Å². The fourth-order valence-electron chi connectivity index (χ4n) is 3.19. The van der Waals surface area contributed by atoms with Crippen molar-refractivity contribution >= 4 is 16.9 Å². The second kappa shape index (κ2) is 7.97. The lowest BCUT2D eigenvalue weighted by Gasteiger charge is -2.12. The molecule has 1 amide bonds. The third-order valence-corrected chi connectivity index (χ3v) is 4.59. The van der Waals surface area contributed by atoms with Crippen LogP contribution >= 0.6 is 0 Å². The highest BCUT2D eigenvalue weighted by molar-refractivity contribution is 5.77. The van der Waals surface area contributed by atoms with Gasteiger partial charge in [-0.05, 0) is 37.0 Å². The maximum absolute atomic E-state index is 12.1. The first-order valence-electron chi connectivity index (χ1n) is 8.88. The number of amides is 1. The minimum absolute atomic E-state index is 0.114. The molecule has 1 atom stereocenters. The third kappa shape index (κ3) is 4.27. The van der Waals surface area contributed by atoms with Crippen molar-refractivity contribution in [3.05, 3.63) is 66.0 Å². The number of nitrogens with zero attached hydrogens (tertiary/aromatic N) is 2. The molecule has 0 bridgehead atoms. The number of fused-ring (bicyclic) bond motifs is 1. The van der Waals surface area contributed by atoms with Gasteiger partial charge in [0.05, 0.1) is 11.0 Å². The standard InChI is InChI=1S/C21H25N3O/c1-16(18-9-4-3-5-10-18)15-21(25)22-13-8-14-24-17(2)23-19-11-6-7-12-20(19)24/h3-7,9-12,16H,8,13-15H2,1-2H3,(H,22,25). The quantitative estimate of drug-likeness (QED) is 0.662. The number of imidazole rings is 1. The lowest BCUT2D eigenvalue weighted by atomic mass is 9.97. The Balaban J connectivity index is 1.46. The maximum atomic E-state index is 12.1. The molecule has 0 saturated heterocycles. The summed E-state index contributed by atoms with van der Waals surface area (Å²) in [6.45, 7) is 5.67. The molecular formula is C21H25N3O. The molecule has 0 aliphatic carbocycles. The zero-order valence-corrected chi connectivity index (χ0v) is 14.9. The molecule has 25 heavy (non-hydrogen) atoms. The van der Waals surface area contributed by atoms with Gasteiger partial charge < -0.3 is 9.88 Å². The highest BCUT2D eigenvalue weighted by atomic mass is 16.1. The fourth-order valence-corrected chi connectivity index (χ4v) is 3.19. The molecular weight excluding hydrogens is 310 g/mol. The van der Waals surface area contributed by atoms with Gasteiger partial charge >= 0.3 is 0 Å². The number of hydrogen-bond acceptors (Lipinski definition) is 2. The fraction of sp³-hybridized carbons (Fsp3) is 0.333. The first-order valence-corrected chi connectivity index (χ1v) is 8.88. The Kier molecular flexibility index (Phi) is 5.49. The molecule has 0 radical (unpaired) electrons. The summed E-state index contributed by atoms with van der Waals surface area (Å²) >= 11 is 0. The van der Waals surface area contributed by atoms with E-state index >= 15 is 0 Å². The van der Waals surface area contributed by atoms with Gasteiger partial charge in [-0.1, -0.05) is 49.4 Å². The molecule has 0 fully saturated rings. The van der Waals surface area contributed by atoms with Gasteiger partial charge in [0.15, 0.2) is 0 Å². The number of benzene rings is 2. The molecule has 1 unspecified atom stereocenters. The van der Waals surface area contributed by atoms with E-state index in [4.69, 9.17) is 0 Å². The Morgan fingerprint density at radius 2 is 1.84 bits per heavy atom. The predicted octanol–water partition coefficient (Wildman–Crippen LogP) is 4.04. The van der Waals surface area contributed by atoms with E-state index in [-0.39, 0.29) is 11.8 Å². The van der Waals surface area contributed by atoms with Crippen molar-refractivity contribution < 1.29 is 4.79 Å². The van der Waals surface area contributed by atoms with Crippen molar-refractivity contribution in [1.82, 2.24) is 14.9 Å². The maximum Gasteiger partial charge on any atom is 0.220 e. The Morgan fingerprint density at radius 3 is 2.64 bits per heavy atom. The number of para-hydroxylation sites is 2. The average Bonchev–Trinajstić information content (AvgIpc) is 2.95. The number of carbonyl (C=O) groups is 1. The Bertz CT molecular complexity index is 839. The van der Waals surface area contributed by atoms with Gasteiger partial charge in [-0.2, -0.15) is 0 Å². The van der Waals surface area contributed by atoms with Crippen LogP contribution < -0.4 is 5.32 Å². The molecule has 3 rings (SSSR count). The average molecular weight is 335 g/mol. The summed E-state index contributed by atoms with van der Waals surface area (Å²) in [7, 11) is 0. The van der Waals surface area contributed by atoms with Crippen molar-refractivity contribution in [2.24, 2.45) is 0 Å². The molecule has 1 heterocycles. The van der Waals surface area contributed by atoms with Crippen LogP contribution in [0.5, 0.6) is 0 Å². The summed E-state index contributed by atoms with van der Waals surface area (Å²) in [4.78, 5) is 16.7. The van der Waals surface area contributed by atoms with Gasteiger partial charge in [-0.3, -0.25) is 4.79 Å². The van der Waals surface area contributed by atoms with E-state index in [0.29, 0.717) is 13.0 Å². The van der Waals surface area contributed by atoms with Gasteiger partial charge in [-0.15, -0.1) is 0 Å². The number of aromatic nitrogens is 2. The van der Waals surface area contributed by atoms with Crippen molar-refractivity contribution in [3.8, 4) is 0 Å². The number of rotatable bonds is 7. The lowest BCUT2D eigenvalue weighted by molar-refractivity contribution is -0.121. The SMILES string of the molecule is Cc1nc2ccccc2n1CCCNC(=O)CC(C)c1ccccc1. The molecule has 1 N–H and O–H groups in total. The molecule has 0 aliphatic rings. The molecule has 0 aliphatic heterocycles. The summed E-state index contributed by atoms with van der Waals surface area (Å²) in [6, 6.07) is 18.3. The Hall–Kier alpha value is -2.62. The van der Waals surface area contributed by atoms with Crippen molar-refractivity contribution in [2.75, 3.05) is 6.54 Å². The second-order valence-corrected chi connectivity index (χ2v) is 6.52.